The lowest BCUT2D eigenvalue weighted by Crippen LogP contribution is -2.32. The van der Waals surface area contributed by atoms with Crippen molar-refractivity contribution in [1.82, 2.24) is 5.48 Å². The van der Waals surface area contributed by atoms with Gasteiger partial charge in [-0.2, -0.15) is 5.48 Å². The molecule has 0 radical (unpaired) electrons. The number of ether oxygens (including phenoxy) is 1. The van der Waals surface area contributed by atoms with E-state index in [-0.39, 0.29) is 6.29 Å². The van der Waals surface area contributed by atoms with Crippen molar-refractivity contribution in [2.75, 3.05) is 6.61 Å². The zero-order valence-corrected chi connectivity index (χ0v) is 7.30. The van der Waals surface area contributed by atoms with E-state index >= 15 is 0 Å². The average Bonchev–Trinajstić information content (AvgIpc) is 2.03. The zero-order valence-electron chi connectivity index (χ0n) is 7.30. The van der Waals surface area contributed by atoms with Crippen LogP contribution < -0.4 is 5.48 Å². The minimum Gasteiger partial charge on any atom is -0.351 e. The number of hydroxylamine groups is 1. The fourth-order valence-corrected chi connectivity index (χ4v) is 1.02. The van der Waals surface area contributed by atoms with E-state index in [9.17, 15) is 0 Å². The van der Waals surface area contributed by atoms with Crippen LogP contribution in [0.25, 0.3) is 0 Å². The molecule has 1 saturated heterocycles. The lowest BCUT2D eigenvalue weighted by molar-refractivity contribution is -0.201. The van der Waals surface area contributed by atoms with Gasteiger partial charge in [-0.1, -0.05) is 0 Å². The average molecular weight is 159 g/mol. The van der Waals surface area contributed by atoms with Gasteiger partial charge in [0, 0.05) is 19.1 Å². The molecule has 0 amide bonds. The van der Waals surface area contributed by atoms with Crippen LogP contribution in [0.15, 0.2) is 0 Å². The van der Waals surface area contributed by atoms with Crippen molar-refractivity contribution in [2.45, 2.75) is 45.4 Å². The van der Waals surface area contributed by atoms with Gasteiger partial charge in [0.1, 0.15) is 0 Å². The van der Waals surface area contributed by atoms with Crippen LogP contribution in [-0.2, 0) is 9.57 Å². The van der Waals surface area contributed by atoms with Gasteiger partial charge < -0.3 is 4.74 Å². The van der Waals surface area contributed by atoms with Crippen molar-refractivity contribution < 1.29 is 9.57 Å². The predicted molar refractivity (Wildman–Crippen MR) is 42.9 cm³/mol. The standard InChI is InChI=1S/C8H17NO2/c1-7(2)9-11-8-5-3-4-6-10-8/h7-9H,3-6H2,1-2H3. The van der Waals surface area contributed by atoms with Crippen molar-refractivity contribution in [3.8, 4) is 0 Å². The minimum atomic E-state index is -0.0221. The molecule has 0 aliphatic carbocycles. The first-order chi connectivity index (χ1) is 5.29. The van der Waals surface area contributed by atoms with E-state index in [1.807, 2.05) is 13.8 Å². The van der Waals surface area contributed by atoms with E-state index in [0.29, 0.717) is 6.04 Å². The topological polar surface area (TPSA) is 30.5 Å². The Hall–Kier alpha value is -0.120. The molecule has 0 aromatic rings. The molecule has 66 valence electrons. The van der Waals surface area contributed by atoms with E-state index in [2.05, 4.69) is 5.48 Å². The normalized spacial score (nSPS) is 25.9. The molecule has 3 nitrogen and oxygen atoms in total. The third-order valence-corrected chi connectivity index (χ3v) is 1.57. The second-order valence-corrected chi connectivity index (χ2v) is 3.19. The second kappa shape index (κ2) is 4.70. The maximum absolute atomic E-state index is 5.34. The molecule has 1 atom stereocenters. The summed E-state index contributed by atoms with van der Waals surface area (Å²) in [6, 6.07) is 0.362. The summed E-state index contributed by atoms with van der Waals surface area (Å²) < 4.78 is 5.34. The highest BCUT2D eigenvalue weighted by molar-refractivity contribution is 4.53. The lowest BCUT2D eigenvalue weighted by atomic mass is 10.2. The summed E-state index contributed by atoms with van der Waals surface area (Å²) in [5.41, 5.74) is 2.89. The highest BCUT2D eigenvalue weighted by Gasteiger charge is 2.14. The van der Waals surface area contributed by atoms with Crippen LogP contribution in [0.4, 0.5) is 0 Å². The molecule has 3 heteroatoms. The van der Waals surface area contributed by atoms with Crippen LogP contribution in [-0.4, -0.2) is 18.9 Å². The smallest absolute Gasteiger partial charge is 0.177 e. The monoisotopic (exact) mass is 159 g/mol. The SMILES string of the molecule is CC(C)NOC1CCCCO1. The van der Waals surface area contributed by atoms with Gasteiger partial charge in [0.15, 0.2) is 6.29 Å². The second-order valence-electron chi connectivity index (χ2n) is 3.19. The molecule has 0 bridgehead atoms. The Bertz CT molecular complexity index is 100. The van der Waals surface area contributed by atoms with Crippen molar-refractivity contribution in [2.24, 2.45) is 0 Å². The Morgan fingerprint density at radius 1 is 1.45 bits per heavy atom. The molecule has 1 aliphatic rings. The van der Waals surface area contributed by atoms with E-state index in [4.69, 9.17) is 9.57 Å². The van der Waals surface area contributed by atoms with Gasteiger partial charge in [0.05, 0.1) is 0 Å². The predicted octanol–water partition coefficient (Wildman–Crippen LogP) is 1.44. The minimum absolute atomic E-state index is 0.0221. The fraction of sp³-hybridized carbons (Fsp3) is 1.00. The quantitative estimate of drug-likeness (QED) is 0.632. The maximum atomic E-state index is 5.34. The van der Waals surface area contributed by atoms with Gasteiger partial charge in [0.2, 0.25) is 0 Å². The number of nitrogens with one attached hydrogen (secondary N) is 1. The molecule has 0 aromatic heterocycles. The summed E-state index contributed by atoms with van der Waals surface area (Å²) in [7, 11) is 0. The van der Waals surface area contributed by atoms with Crippen LogP contribution in [0.5, 0.6) is 0 Å². The molecular formula is C8H17NO2. The summed E-state index contributed by atoms with van der Waals surface area (Å²) in [6.45, 7) is 4.93. The summed E-state index contributed by atoms with van der Waals surface area (Å²) >= 11 is 0. The number of hydrogen-bond donors (Lipinski definition) is 1. The van der Waals surface area contributed by atoms with Crippen LogP contribution >= 0.6 is 0 Å². The molecule has 1 unspecified atom stereocenters. The molecule has 1 aliphatic heterocycles. The summed E-state index contributed by atoms with van der Waals surface area (Å²) in [4.78, 5) is 5.27. The van der Waals surface area contributed by atoms with Gasteiger partial charge in [-0.25, -0.2) is 0 Å². The highest BCUT2D eigenvalue weighted by Crippen LogP contribution is 2.12. The highest BCUT2D eigenvalue weighted by atomic mass is 16.8. The largest absolute Gasteiger partial charge is 0.351 e. The number of hydrogen-bond acceptors (Lipinski definition) is 3. The molecule has 0 spiro atoms. The van der Waals surface area contributed by atoms with Crippen LogP contribution in [0, 0.1) is 0 Å². The first kappa shape index (κ1) is 8.97. The third-order valence-electron chi connectivity index (χ3n) is 1.57. The Morgan fingerprint density at radius 2 is 2.27 bits per heavy atom. The first-order valence-corrected chi connectivity index (χ1v) is 4.32. The Morgan fingerprint density at radius 3 is 2.82 bits per heavy atom. The van der Waals surface area contributed by atoms with Crippen LogP contribution in [0.3, 0.4) is 0 Å². The molecule has 1 fully saturated rings. The Balaban J connectivity index is 2.05. The van der Waals surface area contributed by atoms with E-state index in [1.54, 1.807) is 0 Å². The molecule has 1 N–H and O–H groups in total. The maximum Gasteiger partial charge on any atom is 0.177 e. The third kappa shape index (κ3) is 3.70. The van der Waals surface area contributed by atoms with Gasteiger partial charge in [-0.05, 0) is 26.7 Å². The van der Waals surface area contributed by atoms with Crippen LogP contribution in [0.2, 0.25) is 0 Å². The van der Waals surface area contributed by atoms with Crippen molar-refractivity contribution in [3.63, 3.8) is 0 Å². The van der Waals surface area contributed by atoms with E-state index in [0.717, 1.165) is 13.0 Å². The van der Waals surface area contributed by atoms with Gasteiger partial charge in [-0.15, -0.1) is 0 Å². The Labute approximate surface area is 68.0 Å². The molecule has 1 heterocycles. The molecule has 11 heavy (non-hydrogen) atoms. The van der Waals surface area contributed by atoms with Gasteiger partial charge >= 0.3 is 0 Å². The first-order valence-electron chi connectivity index (χ1n) is 4.32. The fourth-order valence-electron chi connectivity index (χ4n) is 1.02. The van der Waals surface area contributed by atoms with Gasteiger partial charge in [0.25, 0.3) is 0 Å². The van der Waals surface area contributed by atoms with Crippen molar-refractivity contribution in [3.05, 3.63) is 0 Å². The molecular weight excluding hydrogens is 142 g/mol. The van der Waals surface area contributed by atoms with Crippen molar-refractivity contribution >= 4 is 0 Å². The van der Waals surface area contributed by atoms with E-state index in [1.165, 1.54) is 12.8 Å². The van der Waals surface area contributed by atoms with Crippen molar-refractivity contribution in [1.29, 1.82) is 0 Å². The molecule has 0 saturated carbocycles. The zero-order chi connectivity index (χ0) is 8.10. The van der Waals surface area contributed by atoms with Crippen LogP contribution in [0.1, 0.15) is 33.1 Å². The van der Waals surface area contributed by atoms with Gasteiger partial charge in [-0.3, -0.25) is 4.84 Å². The number of rotatable bonds is 3. The molecule has 0 aromatic carbocycles. The Kier molecular flexibility index (Phi) is 3.83. The lowest BCUT2D eigenvalue weighted by Gasteiger charge is -2.23. The summed E-state index contributed by atoms with van der Waals surface area (Å²) in [5, 5.41) is 0. The summed E-state index contributed by atoms with van der Waals surface area (Å²) in [6.07, 6.45) is 3.37. The summed E-state index contributed by atoms with van der Waals surface area (Å²) in [5.74, 6) is 0. The molecule has 1 rings (SSSR count). The van der Waals surface area contributed by atoms with E-state index < -0.39 is 0 Å².